The van der Waals surface area contributed by atoms with Gasteiger partial charge in [0.2, 0.25) is 11.8 Å². The summed E-state index contributed by atoms with van der Waals surface area (Å²) in [5.41, 5.74) is 1.57. The largest absolute Gasteiger partial charge is 0.459 e. The third-order valence-corrected chi connectivity index (χ3v) is 3.72. The van der Waals surface area contributed by atoms with Crippen LogP contribution >= 0.6 is 0 Å². The van der Waals surface area contributed by atoms with Crippen LogP contribution in [0.15, 0.2) is 47.1 Å². The van der Waals surface area contributed by atoms with Crippen LogP contribution in [0.1, 0.15) is 36.9 Å². The number of anilines is 1. The van der Waals surface area contributed by atoms with Crippen LogP contribution in [0.3, 0.4) is 0 Å². The molecule has 0 bridgehead atoms. The lowest BCUT2D eigenvalue weighted by Gasteiger charge is -2.21. The molecule has 138 valence electrons. The Kier molecular flexibility index (Phi) is 6.54. The highest BCUT2D eigenvalue weighted by atomic mass is 16.3. The summed E-state index contributed by atoms with van der Waals surface area (Å²) in [5.74, 6) is -0.763. The second-order valence-electron chi connectivity index (χ2n) is 6.27. The Morgan fingerprint density at radius 3 is 2.31 bits per heavy atom. The van der Waals surface area contributed by atoms with Crippen molar-refractivity contribution in [2.24, 2.45) is 5.92 Å². The van der Waals surface area contributed by atoms with Gasteiger partial charge in [0.05, 0.1) is 6.26 Å². The molecule has 1 unspecified atom stereocenters. The molecular formula is C19H23N3O4. The maximum atomic E-state index is 12.5. The first-order chi connectivity index (χ1) is 12.4. The standard InChI is InChI=1S/C19H23N3O4/c1-12(2)17(22-18(24)16-5-4-10-26-16)19(25)20-11-14-6-8-15(9-7-14)21-13(3)23/h4-10,12,17H,11H2,1-3H3,(H,20,25)(H,21,23)(H,22,24). The van der Waals surface area contributed by atoms with Gasteiger partial charge in [-0.05, 0) is 35.7 Å². The second kappa shape index (κ2) is 8.84. The molecule has 0 radical (unpaired) electrons. The fraction of sp³-hybridized carbons (Fsp3) is 0.316. The average molecular weight is 357 g/mol. The summed E-state index contributed by atoms with van der Waals surface area (Å²) >= 11 is 0. The molecule has 0 aliphatic rings. The molecule has 0 saturated carbocycles. The topological polar surface area (TPSA) is 100 Å². The van der Waals surface area contributed by atoms with Crippen LogP contribution in [0.4, 0.5) is 5.69 Å². The van der Waals surface area contributed by atoms with E-state index in [4.69, 9.17) is 4.42 Å². The van der Waals surface area contributed by atoms with Crippen molar-refractivity contribution in [2.75, 3.05) is 5.32 Å². The highest BCUT2D eigenvalue weighted by molar-refractivity contribution is 5.95. The van der Waals surface area contributed by atoms with Crippen LogP contribution < -0.4 is 16.0 Å². The Labute approximate surface area is 152 Å². The van der Waals surface area contributed by atoms with Crippen molar-refractivity contribution in [3.63, 3.8) is 0 Å². The fourth-order valence-corrected chi connectivity index (χ4v) is 2.36. The molecule has 1 aromatic heterocycles. The van der Waals surface area contributed by atoms with Crippen molar-refractivity contribution >= 4 is 23.4 Å². The summed E-state index contributed by atoms with van der Waals surface area (Å²) < 4.78 is 5.05. The van der Waals surface area contributed by atoms with E-state index in [1.165, 1.54) is 13.2 Å². The molecule has 26 heavy (non-hydrogen) atoms. The molecule has 7 heteroatoms. The van der Waals surface area contributed by atoms with Crippen molar-refractivity contribution < 1.29 is 18.8 Å². The van der Waals surface area contributed by atoms with Gasteiger partial charge in [0.1, 0.15) is 6.04 Å². The molecule has 0 saturated heterocycles. The minimum absolute atomic E-state index is 0.0870. The van der Waals surface area contributed by atoms with Crippen LogP contribution in [-0.4, -0.2) is 23.8 Å². The summed E-state index contributed by atoms with van der Waals surface area (Å²) in [5, 5.41) is 8.20. The zero-order valence-corrected chi connectivity index (χ0v) is 15.0. The molecule has 0 spiro atoms. The summed E-state index contributed by atoms with van der Waals surface area (Å²) in [6.07, 6.45) is 1.41. The lowest BCUT2D eigenvalue weighted by atomic mass is 10.0. The molecular weight excluding hydrogens is 334 g/mol. The summed E-state index contributed by atoms with van der Waals surface area (Å²) in [7, 11) is 0. The molecule has 0 aliphatic carbocycles. The molecule has 2 rings (SSSR count). The predicted octanol–water partition coefficient (Wildman–Crippen LogP) is 2.31. The minimum atomic E-state index is -0.675. The Hall–Kier alpha value is -3.09. The van der Waals surface area contributed by atoms with Gasteiger partial charge in [-0.2, -0.15) is 0 Å². The number of hydrogen-bond donors (Lipinski definition) is 3. The van der Waals surface area contributed by atoms with Gasteiger partial charge in [-0.3, -0.25) is 14.4 Å². The summed E-state index contributed by atoms with van der Waals surface area (Å²) in [6, 6.07) is 9.65. The molecule has 2 aromatic rings. The lowest BCUT2D eigenvalue weighted by Crippen LogP contribution is -2.49. The van der Waals surface area contributed by atoms with Crippen LogP contribution in [0.5, 0.6) is 0 Å². The first-order valence-corrected chi connectivity index (χ1v) is 8.35. The van der Waals surface area contributed by atoms with Gasteiger partial charge in [-0.25, -0.2) is 0 Å². The first-order valence-electron chi connectivity index (χ1n) is 8.35. The molecule has 1 aromatic carbocycles. The Bertz CT molecular complexity index is 752. The number of amides is 3. The van der Waals surface area contributed by atoms with Crippen LogP contribution in [0.25, 0.3) is 0 Å². The van der Waals surface area contributed by atoms with Gasteiger partial charge in [0.25, 0.3) is 5.91 Å². The monoisotopic (exact) mass is 357 g/mol. The van der Waals surface area contributed by atoms with E-state index in [0.29, 0.717) is 12.2 Å². The molecule has 1 atom stereocenters. The van der Waals surface area contributed by atoms with Crippen molar-refractivity contribution in [1.29, 1.82) is 0 Å². The number of carbonyl (C=O) groups excluding carboxylic acids is 3. The van der Waals surface area contributed by atoms with E-state index in [9.17, 15) is 14.4 Å². The molecule has 0 fully saturated rings. The Morgan fingerprint density at radius 1 is 1.08 bits per heavy atom. The average Bonchev–Trinajstić information content (AvgIpc) is 3.12. The zero-order valence-electron chi connectivity index (χ0n) is 15.0. The van der Waals surface area contributed by atoms with Crippen LogP contribution in [0.2, 0.25) is 0 Å². The summed E-state index contributed by atoms with van der Waals surface area (Å²) in [6.45, 7) is 5.47. The predicted molar refractivity (Wildman–Crippen MR) is 97.4 cm³/mol. The SMILES string of the molecule is CC(=O)Nc1ccc(CNC(=O)C(NC(=O)c2ccco2)C(C)C)cc1. The number of benzene rings is 1. The van der Waals surface area contributed by atoms with Crippen LogP contribution in [-0.2, 0) is 16.1 Å². The number of carbonyl (C=O) groups is 3. The third-order valence-electron chi connectivity index (χ3n) is 3.72. The van der Waals surface area contributed by atoms with E-state index in [0.717, 1.165) is 5.56 Å². The summed E-state index contributed by atoms with van der Waals surface area (Å²) in [4.78, 5) is 35.6. The zero-order chi connectivity index (χ0) is 19.1. The molecule has 3 amide bonds. The van der Waals surface area contributed by atoms with E-state index in [1.807, 2.05) is 26.0 Å². The lowest BCUT2D eigenvalue weighted by molar-refractivity contribution is -0.124. The van der Waals surface area contributed by atoms with E-state index < -0.39 is 11.9 Å². The van der Waals surface area contributed by atoms with E-state index in [1.54, 1.807) is 24.3 Å². The highest BCUT2D eigenvalue weighted by Crippen LogP contribution is 2.10. The minimum Gasteiger partial charge on any atom is -0.459 e. The molecule has 1 heterocycles. The van der Waals surface area contributed by atoms with Crippen LogP contribution in [0, 0.1) is 5.92 Å². The van der Waals surface area contributed by atoms with Crippen molar-refractivity contribution in [1.82, 2.24) is 10.6 Å². The number of furan rings is 1. The van der Waals surface area contributed by atoms with Crippen molar-refractivity contribution in [3.8, 4) is 0 Å². The Balaban J connectivity index is 1.93. The van der Waals surface area contributed by atoms with Gasteiger partial charge >= 0.3 is 0 Å². The number of rotatable bonds is 7. The van der Waals surface area contributed by atoms with Gasteiger partial charge in [0, 0.05) is 19.2 Å². The number of hydrogen-bond acceptors (Lipinski definition) is 4. The normalized spacial score (nSPS) is 11.7. The number of nitrogens with one attached hydrogen (secondary N) is 3. The van der Waals surface area contributed by atoms with Gasteiger partial charge in [-0.15, -0.1) is 0 Å². The fourth-order valence-electron chi connectivity index (χ4n) is 2.36. The second-order valence-corrected chi connectivity index (χ2v) is 6.27. The van der Waals surface area contributed by atoms with Gasteiger partial charge in [0.15, 0.2) is 5.76 Å². The van der Waals surface area contributed by atoms with Crippen molar-refractivity contribution in [2.45, 2.75) is 33.4 Å². The smallest absolute Gasteiger partial charge is 0.287 e. The highest BCUT2D eigenvalue weighted by Gasteiger charge is 2.25. The first kappa shape index (κ1) is 19.2. The third kappa shape index (κ3) is 5.47. The van der Waals surface area contributed by atoms with E-state index in [2.05, 4.69) is 16.0 Å². The van der Waals surface area contributed by atoms with Gasteiger partial charge in [-0.1, -0.05) is 26.0 Å². The Morgan fingerprint density at radius 2 is 1.77 bits per heavy atom. The van der Waals surface area contributed by atoms with E-state index >= 15 is 0 Å². The quantitative estimate of drug-likeness (QED) is 0.708. The maximum absolute atomic E-state index is 12.5. The van der Waals surface area contributed by atoms with E-state index in [-0.39, 0.29) is 23.5 Å². The van der Waals surface area contributed by atoms with Gasteiger partial charge < -0.3 is 20.4 Å². The molecule has 0 aliphatic heterocycles. The maximum Gasteiger partial charge on any atom is 0.287 e. The molecule has 7 nitrogen and oxygen atoms in total. The molecule has 3 N–H and O–H groups in total. The van der Waals surface area contributed by atoms with Crippen molar-refractivity contribution in [3.05, 3.63) is 54.0 Å².